The van der Waals surface area contributed by atoms with Crippen LogP contribution in [0, 0.1) is 0 Å². The Morgan fingerprint density at radius 2 is 1.50 bits per heavy atom. The molecule has 0 amide bonds. The van der Waals surface area contributed by atoms with E-state index >= 15 is 0 Å². The maximum absolute atomic E-state index is 14.1. The zero-order chi connectivity index (χ0) is 18.6. The number of carbonyl (C=O) groups excluding carboxylic acids is 2. The SMILES string of the molecule is O=C(OC[C@@H]1SCC(F)(F)[C@H]1OC(=O)c1ccccc1)c1ccccc1. The van der Waals surface area contributed by atoms with E-state index in [9.17, 15) is 18.4 Å². The Balaban J connectivity index is 1.64. The number of hydrogen-bond acceptors (Lipinski definition) is 5. The van der Waals surface area contributed by atoms with Gasteiger partial charge in [0.1, 0.15) is 6.61 Å². The van der Waals surface area contributed by atoms with Crippen molar-refractivity contribution >= 4 is 23.7 Å². The van der Waals surface area contributed by atoms with E-state index in [4.69, 9.17) is 9.47 Å². The van der Waals surface area contributed by atoms with Crippen molar-refractivity contribution in [3.8, 4) is 0 Å². The smallest absolute Gasteiger partial charge is 0.338 e. The lowest BCUT2D eigenvalue weighted by Gasteiger charge is -2.23. The Morgan fingerprint density at radius 3 is 2.08 bits per heavy atom. The third kappa shape index (κ3) is 4.22. The average Bonchev–Trinajstić information content (AvgIpc) is 2.95. The fourth-order valence-electron chi connectivity index (χ4n) is 2.53. The van der Waals surface area contributed by atoms with Crippen LogP contribution >= 0.6 is 11.8 Å². The molecule has 136 valence electrons. The first-order valence-corrected chi connectivity index (χ1v) is 9.00. The van der Waals surface area contributed by atoms with Crippen LogP contribution in [-0.4, -0.2) is 41.6 Å². The second kappa shape index (κ2) is 7.86. The summed E-state index contributed by atoms with van der Waals surface area (Å²) in [5, 5.41) is -0.828. The lowest BCUT2D eigenvalue weighted by molar-refractivity contribution is -0.0946. The number of rotatable bonds is 5. The second-order valence-electron chi connectivity index (χ2n) is 5.77. The van der Waals surface area contributed by atoms with E-state index in [1.165, 1.54) is 12.1 Å². The van der Waals surface area contributed by atoms with Gasteiger partial charge in [0, 0.05) is 0 Å². The average molecular weight is 378 g/mol. The third-order valence-corrected chi connectivity index (χ3v) is 5.24. The summed E-state index contributed by atoms with van der Waals surface area (Å²) in [6, 6.07) is 16.2. The van der Waals surface area contributed by atoms with Gasteiger partial charge in [0.15, 0.2) is 6.10 Å². The molecular weight excluding hydrogens is 362 g/mol. The molecule has 1 aliphatic heterocycles. The van der Waals surface area contributed by atoms with Gasteiger partial charge in [-0.1, -0.05) is 36.4 Å². The quantitative estimate of drug-likeness (QED) is 0.741. The van der Waals surface area contributed by atoms with Crippen molar-refractivity contribution in [1.29, 1.82) is 0 Å². The number of alkyl halides is 2. The van der Waals surface area contributed by atoms with Crippen LogP contribution in [0.25, 0.3) is 0 Å². The number of carbonyl (C=O) groups is 2. The van der Waals surface area contributed by atoms with Crippen LogP contribution in [0.1, 0.15) is 20.7 Å². The standard InChI is InChI=1S/C19H16F2O4S/c20-19(21)12-26-15(11-24-17(22)13-7-3-1-4-8-13)16(19)25-18(23)14-9-5-2-6-10-14/h1-10,15-16H,11-12H2/t15-,16-/m0/s1. The molecule has 0 saturated carbocycles. The monoisotopic (exact) mass is 378 g/mol. The summed E-state index contributed by atoms with van der Waals surface area (Å²) in [6.45, 7) is -0.263. The molecule has 0 aliphatic carbocycles. The van der Waals surface area contributed by atoms with E-state index in [1.807, 2.05) is 0 Å². The van der Waals surface area contributed by atoms with Crippen LogP contribution in [0.5, 0.6) is 0 Å². The summed E-state index contributed by atoms with van der Waals surface area (Å²) in [5.41, 5.74) is 0.528. The fraction of sp³-hybridized carbons (Fsp3) is 0.263. The predicted octanol–water partition coefficient (Wildman–Crippen LogP) is 3.82. The van der Waals surface area contributed by atoms with Crippen molar-refractivity contribution in [1.82, 2.24) is 0 Å². The van der Waals surface area contributed by atoms with Gasteiger partial charge in [-0.15, -0.1) is 11.8 Å². The van der Waals surface area contributed by atoms with Crippen LogP contribution in [0.4, 0.5) is 8.78 Å². The van der Waals surface area contributed by atoms with E-state index < -0.39 is 35.0 Å². The number of ether oxygens (including phenoxy) is 2. The van der Waals surface area contributed by atoms with Gasteiger partial charge in [-0.05, 0) is 24.3 Å². The number of halogens is 2. The zero-order valence-corrected chi connectivity index (χ0v) is 14.5. The largest absolute Gasteiger partial charge is 0.461 e. The molecule has 2 aromatic rings. The first-order valence-electron chi connectivity index (χ1n) is 7.95. The van der Waals surface area contributed by atoms with Crippen molar-refractivity contribution in [3.05, 3.63) is 71.8 Å². The molecule has 7 heteroatoms. The molecule has 26 heavy (non-hydrogen) atoms. The predicted molar refractivity (Wildman–Crippen MR) is 93.6 cm³/mol. The summed E-state index contributed by atoms with van der Waals surface area (Å²) in [4.78, 5) is 24.1. The molecule has 1 heterocycles. The molecule has 0 bridgehead atoms. The van der Waals surface area contributed by atoms with Gasteiger partial charge in [0.05, 0.1) is 22.1 Å². The number of benzene rings is 2. The Bertz CT molecular complexity index is 768. The molecule has 0 aromatic heterocycles. The van der Waals surface area contributed by atoms with Crippen molar-refractivity contribution in [2.24, 2.45) is 0 Å². The van der Waals surface area contributed by atoms with Crippen LogP contribution in [0.15, 0.2) is 60.7 Å². The van der Waals surface area contributed by atoms with Crippen molar-refractivity contribution in [2.75, 3.05) is 12.4 Å². The van der Waals surface area contributed by atoms with Crippen molar-refractivity contribution < 1.29 is 27.8 Å². The Labute approximate surface area is 153 Å². The van der Waals surface area contributed by atoms with Gasteiger partial charge in [-0.2, -0.15) is 0 Å². The Kier molecular flexibility index (Phi) is 5.56. The molecule has 0 radical (unpaired) electrons. The molecule has 3 rings (SSSR count). The van der Waals surface area contributed by atoms with E-state index in [1.54, 1.807) is 48.5 Å². The normalized spacial score (nSPS) is 21.2. The minimum absolute atomic E-state index is 0.195. The summed E-state index contributed by atoms with van der Waals surface area (Å²) in [5.74, 6) is -5.10. The maximum Gasteiger partial charge on any atom is 0.338 e. The van der Waals surface area contributed by atoms with Crippen molar-refractivity contribution in [3.63, 3.8) is 0 Å². The zero-order valence-electron chi connectivity index (χ0n) is 13.6. The van der Waals surface area contributed by atoms with Gasteiger partial charge < -0.3 is 9.47 Å². The minimum Gasteiger partial charge on any atom is -0.461 e. The van der Waals surface area contributed by atoms with E-state index in [0.29, 0.717) is 5.56 Å². The van der Waals surface area contributed by atoms with Crippen LogP contribution < -0.4 is 0 Å². The van der Waals surface area contributed by atoms with E-state index in [0.717, 1.165) is 11.8 Å². The highest BCUT2D eigenvalue weighted by Crippen LogP contribution is 2.41. The van der Waals surface area contributed by atoms with Crippen LogP contribution in [0.3, 0.4) is 0 Å². The molecule has 0 unspecified atom stereocenters. The first-order chi connectivity index (χ1) is 12.5. The van der Waals surface area contributed by atoms with Gasteiger partial charge in [0.2, 0.25) is 0 Å². The highest BCUT2D eigenvalue weighted by molar-refractivity contribution is 8.00. The van der Waals surface area contributed by atoms with Crippen LogP contribution in [0.2, 0.25) is 0 Å². The molecule has 1 aliphatic rings. The lowest BCUT2D eigenvalue weighted by Crippen LogP contribution is -2.41. The Hall–Kier alpha value is -2.41. The lowest BCUT2D eigenvalue weighted by atomic mass is 10.1. The van der Waals surface area contributed by atoms with Gasteiger partial charge in [-0.25, -0.2) is 18.4 Å². The topological polar surface area (TPSA) is 52.6 Å². The highest BCUT2D eigenvalue weighted by Gasteiger charge is 2.54. The van der Waals surface area contributed by atoms with Gasteiger partial charge in [-0.3, -0.25) is 0 Å². The van der Waals surface area contributed by atoms with Gasteiger partial charge in [0.25, 0.3) is 5.92 Å². The number of thioether (sulfide) groups is 1. The molecule has 0 N–H and O–H groups in total. The molecule has 2 atom stereocenters. The summed E-state index contributed by atoms with van der Waals surface area (Å²) < 4.78 is 38.5. The van der Waals surface area contributed by atoms with E-state index in [2.05, 4.69) is 0 Å². The molecule has 2 aromatic carbocycles. The van der Waals surface area contributed by atoms with Crippen molar-refractivity contribution in [2.45, 2.75) is 17.3 Å². The number of hydrogen-bond donors (Lipinski definition) is 0. The molecule has 1 fully saturated rings. The van der Waals surface area contributed by atoms with Crippen LogP contribution in [-0.2, 0) is 9.47 Å². The molecule has 1 saturated heterocycles. The molecule has 0 spiro atoms. The summed E-state index contributed by atoms with van der Waals surface area (Å²) >= 11 is 0.927. The Morgan fingerprint density at radius 1 is 0.962 bits per heavy atom. The molecular formula is C19H16F2O4S. The number of esters is 2. The first kappa shape index (κ1) is 18.4. The van der Waals surface area contributed by atoms with E-state index in [-0.39, 0.29) is 12.2 Å². The third-order valence-electron chi connectivity index (χ3n) is 3.88. The maximum atomic E-state index is 14.1. The summed E-state index contributed by atoms with van der Waals surface area (Å²) in [6.07, 6.45) is -1.65. The summed E-state index contributed by atoms with van der Waals surface area (Å²) in [7, 11) is 0. The fourth-order valence-corrected chi connectivity index (χ4v) is 3.72. The highest BCUT2D eigenvalue weighted by atomic mass is 32.2. The minimum atomic E-state index is -3.18. The molecule has 4 nitrogen and oxygen atoms in total. The second-order valence-corrected chi connectivity index (χ2v) is 6.99. The van der Waals surface area contributed by atoms with Gasteiger partial charge >= 0.3 is 11.9 Å².